The number of rotatable bonds is 7. The number of nitrogens with zero attached hydrogens (tertiary/aromatic N) is 3. The Bertz CT molecular complexity index is 743. The van der Waals surface area contributed by atoms with E-state index in [0.29, 0.717) is 31.9 Å². The highest BCUT2D eigenvalue weighted by Crippen LogP contribution is 2.30. The summed E-state index contributed by atoms with van der Waals surface area (Å²) in [5.41, 5.74) is 0.373. The van der Waals surface area contributed by atoms with Gasteiger partial charge in [-0.15, -0.1) is 0 Å². The average Bonchev–Trinajstić information content (AvgIpc) is 2.64. The summed E-state index contributed by atoms with van der Waals surface area (Å²) in [6.07, 6.45) is 0.216. The van der Waals surface area contributed by atoms with E-state index in [2.05, 4.69) is 5.32 Å². The van der Waals surface area contributed by atoms with Gasteiger partial charge in [-0.1, -0.05) is 0 Å². The first-order chi connectivity index (χ1) is 12.8. The molecule has 1 aromatic carbocycles. The summed E-state index contributed by atoms with van der Waals surface area (Å²) in [4.78, 5) is 48.4. The summed E-state index contributed by atoms with van der Waals surface area (Å²) in [6.45, 7) is 3.58. The van der Waals surface area contributed by atoms with Crippen molar-refractivity contribution in [3.05, 3.63) is 33.9 Å². The molecule has 0 atom stereocenters. The maximum Gasteiger partial charge on any atom is 0.303 e. The van der Waals surface area contributed by atoms with Crippen LogP contribution in [0.3, 0.4) is 0 Å². The Balaban J connectivity index is 2.08. The Kier molecular flexibility index (Phi) is 6.69. The van der Waals surface area contributed by atoms with E-state index in [-0.39, 0.29) is 36.5 Å². The highest BCUT2D eigenvalue weighted by Gasteiger charge is 2.25. The lowest BCUT2D eigenvalue weighted by molar-refractivity contribution is -0.384. The molecule has 2 N–H and O–H groups in total. The van der Waals surface area contributed by atoms with Crippen molar-refractivity contribution in [2.45, 2.75) is 19.8 Å². The van der Waals surface area contributed by atoms with Gasteiger partial charge in [-0.2, -0.15) is 0 Å². The minimum Gasteiger partial charge on any atom is -0.481 e. The summed E-state index contributed by atoms with van der Waals surface area (Å²) >= 11 is 0. The van der Waals surface area contributed by atoms with Crippen molar-refractivity contribution in [1.29, 1.82) is 0 Å². The number of aliphatic carboxylic acids is 1. The molecule has 1 aromatic rings. The number of amides is 2. The first-order valence-electron chi connectivity index (χ1n) is 8.58. The molecule has 0 bridgehead atoms. The molecule has 10 heteroatoms. The number of nitro groups is 1. The third-order valence-corrected chi connectivity index (χ3v) is 4.35. The van der Waals surface area contributed by atoms with Gasteiger partial charge in [0.2, 0.25) is 5.91 Å². The molecule has 1 fully saturated rings. The number of carbonyl (C=O) groups excluding carboxylic acids is 2. The van der Waals surface area contributed by atoms with Crippen molar-refractivity contribution >= 4 is 29.2 Å². The lowest BCUT2D eigenvalue weighted by Crippen LogP contribution is -2.48. The van der Waals surface area contributed by atoms with E-state index in [4.69, 9.17) is 5.11 Å². The molecule has 1 aliphatic rings. The third kappa shape index (κ3) is 5.40. The Labute approximate surface area is 155 Å². The number of nitro benzene ring substituents is 1. The molecule has 0 spiro atoms. The molecule has 0 aliphatic carbocycles. The SMILES string of the molecule is CC(=O)N1CCN(c2ccc(C(=O)NCCCC(=O)O)cc2[N+](=O)[O-])CC1. The maximum atomic E-state index is 12.1. The summed E-state index contributed by atoms with van der Waals surface area (Å²) in [7, 11) is 0. The van der Waals surface area contributed by atoms with Gasteiger partial charge in [0.05, 0.1) is 4.92 Å². The highest BCUT2D eigenvalue weighted by atomic mass is 16.6. The standard InChI is InChI=1S/C17H22N4O6/c1-12(22)19-7-9-20(10-8-19)14-5-4-13(11-15(14)21(26)27)17(25)18-6-2-3-16(23)24/h4-5,11H,2-3,6-10H2,1H3,(H,18,25)(H,23,24). The summed E-state index contributed by atoms with van der Waals surface area (Å²) in [6, 6.07) is 4.26. The van der Waals surface area contributed by atoms with Crippen molar-refractivity contribution in [3.8, 4) is 0 Å². The average molecular weight is 378 g/mol. The predicted octanol–water partition coefficient (Wildman–Crippen LogP) is 0.858. The monoisotopic (exact) mass is 378 g/mol. The van der Waals surface area contributed by atoms with Gasteiger partial charge < -0.3 is 20.2 Å². The molecule has 0 radical (unpaired) electrons. The highest BCUT2D eigenvalue weighted by molar-refractivity contribution is 5.95. The van der Waals surface area contributed by atoms with Crippen molar-refractivity contribution in [3.63, 3.8) is 0 Å². The fourth-order valence-electron chi connectivity index (χ4n) is 2.88. The summed E-state index contributed by atoms with van der Waals surface area (Å²) in [5.74, 6) is -1.47. The van der Waals surface area contributed by atoms with Crippen LogP contribution in [0.1, 0.15) is 30.1 Å². The first kappa shape index (κ1) is 20.1. The summed E-state index contributed by atoms with van der Waals surface area (Å²) < 4.78 is 0. The van der Waals surface area contributed by atoms with E-state index < -0.39 is 16.8 Å². The van der Waals surface area contributed by atoms with E-state index in [9.17, 15) is 24.5 Å². The molecule has 146 valence electrons. The Morgan fingerprint density at radius 1 is 1.22 bits per heavy atom. The molecule has 1 aliphatic heterocycles. The van der Waals surface area contributed by atoms with Crippen LogP contribution in [0.25, 0.3) is 0 Å². The normalized spacial score (nSPS) is 14.0. The van der Waals surface area contributed by atoms with Gasteiger partial charge in [-0.3, -0.25) is 24.5 Å². The van der Waals surface area contributed by atoms with Crippen LogP contribution >= 0.6 is 0 Å². The van der Waals surface area contributed by atoms with Gasteiger partial charge in [0.25, 0.3) is 11.6 Å². The fraction of sp³-hybridized carbons (Fsp3) is 0.471. The van der Waals surface area contributed by atoms with Gasteiger partial charge in [-0.25, -0.2) is 0 Å². The number of carbonyl (C=O) groups is 3. The minimum absolute atomic E-state index is 0.0286. The van der Waals surface area contributed by atoms with E-state index in [1.165, 1.54) is 25.1 Å². The number of anilines is 1. The predicted molar refractivity (Wildman–Crippen MR) is 96.8 cm³/mol. The van der Waals surface area contributed by atoms with Crippen LogP contribution in [0.5, 0.6) is 0 Å². The molecule has 1 saturated heterocycles. The van der Waals surface area contributed by atoms with Gasteiger partial charge in [0, 0.05) is 57.7 Å². The minimum atomic E-state index is -0.950. The fourth-order valence-corrected chi connectivity index (χ4v) is 2.88. The van der Waals surface area contributed by atoms with Crippen LogP contribution in [0, 0.1) is 10.1 Å². The molecule has 2 rings (SSSR count). The van der Waals surface area contributed by atoms with Gasteiger partial charge >= 0.3 is 5.97 Å². The third-order valence-electron chi connectivity index (χ3n) is 4.35. The topological polar surface area (TPSA) is 133 Å². The Morgan fingerprint density at radius 3 is 2.44 bits per heavy atom. The number of hydrogen-bond donors (Lipinski definition) is 2. The largest absolute Gasteiger partial charge is 0.481 e. The number of hydrogen-bond acceptors (Lipinski definition) is 6. The molecule has 2 amide bonds. The maximum absolute atomic E-state index is 12.1. The van der Waals surface area contributed by atoms with Gasteiger partial charge in [-0.05, 0) is 18.6 Å². The zero-order valence-corrected chi connectivity index (χ0v) is 15.0. The first-order valence-corrected chi connectivity index (χ1v) is 8.58. The van der Waals surface area contributed by atoms with E-state index >= 15 is 0 Å². The lowest BCUT2D eigenvalue weighted by atomic mass is 10.1. The van der Waals surface area contributed by atoms with E-state index in [1.54, 1.807) is 4.90 Å². The number of piperazine rings is 1. The van der Waals surface area contributed by atoms with Crippen LogP contribution in [0.15, 0.2) is 18.2 Å². The molecule has 0 saturated carbocycles. The number of benzene rings is 1. The van der Waals surface area contributed by atoms with E-state index in [1.807, 2.05) is 4.90 Å². The van der Waals surface area contributed by atoms with Gasteiger partial charge in [0.15, 0.2) is 0 Å². The second-order valence-corrected chi connectivity index (χ2v) is 6.21. The molecule has 0 aromatic heterocycles. The quantitative estimate of drug-likeness (QED) is 0.408. The number of nitrogens with one attached hydrogen (secondary N) is 1. The van der Waals surface area contributed by atoms with Crippen molar-refractivity contribution < 1.29 is 24.4 Å². The van der Waals surface area contributed by atoms with Crippen molar-refractivity contribution in [1.82, 2.24) is 10.2 Å². The Hall–Kier alpha value is -3.17. The van der Waals surface area contributed by atoms with Crippen LogP contribution in [0.2, 0.25) is 0 Å². The van der Waals surface area contributed by atoms with Crippen LogP contribution in [-0.2, 0) is 9.59 Å². The molecule has 10 nitrogen and oxygen atoms in total. The molecule has 27 heavy (non-hydrogen) atoms. The van der Waals surface area contributed by atoms with Crippen LogP contribution in [-0.4, -0.2) is 65.4 Å². The second kappa shape index (κ2) is 8.97. The van der Waals surface area contributed by atoms with Crippen LogP contribution < -0.4 is 10.2 Å². The summed E-state index contributed by atoms with van der Waals surface area (Å²) in [5, 5.41) is 22.6. The van der Waals surface area contributed by atoms with Crippen molar-refractivity contribution in [2.75, 3.05) is 37.6 Å². The number of carboxylic acid groups (broad SMARTS) is 1. The van der Waals surface area contributed by atoms with Gasteiger partial charge in [0.1, 0.15) is 5.69 Å². The number of carboxylic acids is 1. The smallest absolute Gasteiger partial charge is 0.303 e. The van der Waals surface area contributed by atoms with E-state index in [0.717, 1.165) is 0 Å². The Morgan fingerprint density at radius 2 is 1.89 bits per heavy atom. The molecular formula is C17H22N4O6. The van der Waals surface area contributed by atoms with Crippen LogP contribution in [0.4, 0.5) is 11.4 Å². The molecular weight excluding hydrogens is 356 g/mol. The second-order valence-electron chi connectivity index (χ2n) is 6.21. The zero-order valence-electron chi connectivity index (χ0n) is 15.0. The van der Waals surface area contributed by atoms with Crippen molar-refractivity contribution in [2.24, 2.45) is 0 Å². The molecule has 1 heterocycles. The lowest BCUT2D eigenvalue weighted by Gasteiger charge is -2.35. The zero-order chi connectivity index (χ0) is 20.0. The molecule has 0 unspecified atom stereocenters.